The van der Waals surface area contributed by atoms with Crippen molar-refractivity contribution >= 4 is 5.97 Å². The fourth-order valence-corrected chi connectivity index (χ4v) is 2.60. The number of epoxide rings is 1. The molecule has 1 aliphatic rings. The highest BCUT2D eigenvalue weighted by Crippen LogP contribution is 2.43. The molecule has 1 saturated heterocycles. The normalized spacial score (nSPS) is 21.0. The minimum atomic E-state index is -4.96. The third-order valence-electron chi connectivity index (χ3n) is 4.05. The molecule has 0 aromatic heterocycles. The largest absolute Gasteiger partial charge is 0.457 e. The Kier molecular flexibility index (Phi) is 5.87. The molecule has 0 saturated carbocycles. The van der Waals surface area contributed by atoms with E-state index in [1.807, 2.05) is 6.92 Å². The van der Waals surface area contributed by atoms with Crippen LogP contribution in [0.2, 0.25) is 0 Å². The zero-order chi connectivity index (χ0) is 17.8. The summed E-state index contributed by atoms with van der Waals surface area (Å²) in [6.45, 7) is 2.34. The van der Waals surface area contributed by atoms with E-state index in [9.17, 15) is 18.0 Å². The van der Waals surface area contributed by atoms with Crippen LogP contribution in [0.1, 0.15) is 31.7 Å². The van der Waals surface area contributed by atoms with E-state index in [0.29, 0.717) is 13.0 Å². The molecule has 1 heterocycles. The van der Waals surface area contributed by atoms with Gasteiger partial charge >= 0.3 is 12.1 Å². The van der Waals surface area contributed by atoms with Crippen LogP contribution in [0.5, 0.6) is 0 Å². The molecule has 2 unspecified atom stereocenters. The summed E-state index contributed by atoms with van der Waals surface area (Å²) in [6, 6.07) is 6.80. The Morgan fingerprint density at radius 3 is 2.42 bits per heavy atom. The van der Waals surface area contributed by atoms with Gasteiger partial charge in [-0.1, -0.05) is 43.7 Å². The quantitative estimate of drug-likeness (QED) is 0.533. The molecule has 0 bridgehead atoms. The molecule has 0 radical (unpaired) electrons. The van der Waals surface area contributed by atoms with E-state index in [1.54, 1.807) is 6.07 Å². The van der Waals surface area contributed by atoms with Gasteiger partial charge in [0.1, 0.15) is 12.2 Å². The molecule has 7 heteroatoms. The number of carbonyl (C=O) groups excluding carboxylic acids is 1. The number of benzene rings is 1. The summed E-state index contributed by atoms with van der Waals surface area (Å²) in [5.41, 5.74) is -3.45. The van der Waals surface area contributed by atoms with Crippen LogP contribution in [0.15, 0.2) is 30.3 Å². The number of alkyl halides is 3. The van der Waals surface area contributed by atoms with E-state index in [4.69, 9.17) is 14.2 Å². The van der Waals surface area contributed by atoms with Gasteiger partial charge in [0.2, 0.25) is 0 Å². The number of halogens is 3. The SMILES string of the molecule is CCCCC(OC(=O)[C@](OC)(c1ccccc1)C(F)(F)F)C1CO1. The molecule has 0 N–H and O–H groups in total. The van der Waals surface area contributed by atoms with Crippen LogP contribution >= 0.6 is 0 Å². The Morgan fingerprint density at radius 2 is 1.96 bits per heavy atom. The van der Waals surface area contributed by atoms with Gasteiger partial charge in [0.25, 0.3) is 5.60 Å². The van der Waals surface area contributed by atoms with E-state index in [1.165, 1.54) is 24.3 Å². The molecule has 1 fully saturated rings. The van der Waals surface area contributed by atoms with Crippen molar-refractivity contribution in [1.29, 1.82) is 0 Å². The molecule has 3 atom stereocenters. The van der Waals surface area contributed by atoms with E-state index in [-0.39, 0.29) is 11.7 Å². The highest BCUT2D eigenvalue weighted by molar-refractivity contribution is 5.83. The molecule has 24 heavy (non-hydrogen) atoms. The topological polar surface area (TPSA) is 48.1 Å². The highest BCUT2D eigenvalue weighted by Gasteiger charge is 2.64. The van der Waals surface area contributed by atoms with Gasteiger partial charge < -0.3 is 14.2 Å². The first kappa shape index (κ1) is 18.7. The summed E-state index contributed by atoms with van der Waals surface area (Å²) in [5.74, 6) is -1.46. The third-order valence-corrected chi connectivity index (χ3v) is 4.05. The van der Waals surface area contributed by atoms with Crippen molar-refractivity contribution in [3.63, 3.8) is 0 Å². The molecule has 2 rings (SSSR count). The van der Waals surface area contributed by atoms with E-state index < -0.39 is 23.9 Å². The third kappa shape index (κ3) is 3.72. The Morgan fingerprint density at radius 1 is 1.33 bits per heavy atom. The van der Waals surface area contributed by atoms with Gasteiger partial charge in [0.15, 0.2) is 0 Å². The molecule has 0 spiro atoms. The van der Waals surface area contributed by atoms with Crippen LogP contribution in [0.25, 0.3) is 0 Å². The van der Waals surface area contributed by atoms with Crippen molar-refractivity contribution in [1.82, 2.24) is 0 Å². The Bertz CT molecular complexity index is 543. The summed E-state index contributed by atoms with van der Waals surface area (Å²) in [5, 5.41) is 0. The van der Waals surface area contributed by atoms with E-state index in [2.05, 4.69) is 0 Å². The predicted molar refractivity (Wildman–Crippen MR) is 80.3 cm³/mol. The van der Waals surface area contributed by atoms with Crippen molar-refractivity contribution in [3.8, 4) is 0 Å². The van der Waals surface area contributed by atoms with Crippen molar-refractivity contribution in [2.24, 2.45) is 0 Å². The van der Waals surface area contributed by atoms with Crippen LogP contribution in [-0.2, 0) is 24.6 Å². The number of hydrogen-bond acceptors (Lipinski definition) is 4. The first-order valence-corrected chi connectivity index (χ1v) is 7.87. The average Bonchev–Trinajstić information content (AvgIpc) is 3.37. The van der Waals surface area contributed by atoms with Gasteiger partial charge in [-0.2, -0.15) is 13.2 Å². The zero-order valence-corrected chi connectivity index (χ0v) is 13.6. The number of hydrogen-bond donors (Lipinski definition) is 0. The first-order valence-electron chi connectivity index (χ1n) is 7.87. The van der Waals surface area contributed by atoms with Crippen molar-refractivity contribution in [3.05, 3.63) is 35.9 Å². The minimum absolute atomic E-state index is 0.309. The standard InChI is InChI=1S/C17H21F3O4/c1-3-4-10-13(14-11-23-14)24-15(21)16(22-2,17(18,19)20)12-8-6-5-7-9-12/h5-9,13-14H,3-4,10-11H2,1-2H3/t13?,14?,16-/m1/s1. The average molecular weight is 346 g/mol. The molecule has 4 nitrogen and oxygen atoms in total. The fourth-order valence-electron chi connectivity index (χ4n) is 2.60. The molecule has 1 aromatic rings. The van der Waals surface area contributed by atoms with Crippen LogP contribution in [0.3, 0.4) is 0 Å². The van der Waals surface area contributed by atoms with Crippen molar-refractivity contribution in [2.45, 2.75) is 50.2 Å². The Hall–Kier alpha value is -1.60. The summed E-state index contributed by atoms with van der Waals surface area (Å²) in [4.78, 5) is 12.5. The van der Waals surface area contributed by atoms with Gasteiger partial charge in [-0.15, -0.1) is 0 Å². The molecular weight excluding hydrogens is 325 g/mol. The number of esters is 1. The zero-order valence-electron chi connectivity index (χ0n) is 13.6. The Labute approximate surface area is 138 Å². The molecule has 0 amide bonds. The lowest BCUT2D eigenvalue weighted by atomic mass is 9.92. The maximum atomic E-state index is 13.8. The van der Waals surface area contributed by atoms with Crippen LogP contribution < -0.4 is 0 Å². The minimum Gasteiger partial charge on any atom is -0.457 e. The molecule has 1 aliphatic heterocycles. The second-order valence-electron chi connectivity index (χ2n) is 5.71. The summed E-state index contributed by atoms with van der Waals surface area (Å²) >= 11 is 0. The molecular formula is C17H21F3O4. The van der Waals surface area contributed by atoms with E-state index >= 15 is 0 Å². The second-order valence-corrected chi connectivity index (χ2v) is 5.71. The second kappa shape index (κ2) is 7.53. The number of methoxy groups -OCH3 is 1. The molecule has 134 valence electrons. The van der Waals surface area contributed by atoms with Gasteiger partial charge in [-0.3, -0.25) is 0 Å². The van der Waals surface area contributed by atoms with E-state index in [0.717, 1.165) is 20.0 Å². The van der Waals surface area contributed by atoms with Crippen LogP contribution in [0.4, 0.5) is 13.2 Å². The van der Waals surface area contributed by atoms with Crippen LogP contribution in [-0.4, -0.2) is 38.1 Å². The number of ether oxygens (including phenoxy) is 3. The summed E-state index contributed by atoms with van der Waals surface area (Å²) in [7, 11) is 0.858. The number of carbonyl (C=O) groups is 1. The van der Waals surface area contributed by atoms with Crippen molar-refractivity contribution < 1.29 is 32.2 Å². The van der Waals surface area contributed by atoms with Gasteiger partial charge in [-0.05, 0) is 12.8 Å². The lowest BCUT2D eigenvalue weighted by Crippen LogP contribution is -2.52. The number of unbranched alkanes of at least 4 members (excludes halogenated alkanes) is 1. The fraction of sp³-hybridized carbons (Fsp3) is 0.588. The molecule has 1 aromatic carbocycles. The number of rotatable bonds is 8. The maximum absolute atomic E-state index is 13.8. The predicted octanol–water partition coefficient (Wildman–Crippen LogP) is 3.59. The van der Waals surface area contributed by atoms with Gasteiger partial charge in [-0.25, -0.2) is 4.79 Å². The first-order chi connectivity index (χ1) is 11.4. The lowest BCUT2D eigenvalue weighted by molar-refractivity contribution is -0.278. The van der Waals surface area contributed by atoms with Gasteiger partial charge in [0.05, 0.1) is 6.61 Å². The smallest absolute Gasteiger partial charge is 0.432 e. The summed E-state index contributed by atoms with van der Waals surface area (Å²) < 4.78 is 56.3. The van der Waals surface area contributed by atoms with Crippen LogP contribution in [0, 0.1) is 0 Å². The lowest BCUT2D eigenvalue weighted by Gasteiger charge is -2.33. The summed E-state index contributed by atoms with van der Waals surface area (Å²) in [6.07, 6.45) is -3.96. The van der Waals surface area contributed by atoms with Gasteiger partial charge in [0, 0.05) is 12.7 Å². The maximum Gasteiger partial charge on any atom is 0.432 e. The molecule has 0 aliphatic carbocycles. The Balaban J connectivity index is 2.31. The monoisotopic (exact) mass is 346 g/mol. The highest BCUT2D eigenvalue weighted by atomic mass is 19.4. The van der Waals surface area contributed by atoms with Crippen molar-refractivity contribution in [2.75, 3.05) is 13.7 Å².